The molecular weight excluding hydrogens is 424 g/mol. The van der Waals surface area contributed by atoms with Crippen LogP contribution in [0.3, 0.4) is 0 Å². The van der Waals surface area contributed by atoms with Gasteiger partial charge in [0, 0.05) is 0 Å². The standard InChI is InChI=1S/C25H22N2O6/c1-14-4-6-18(8-15(14)2)31-12-20(28)23-16(3)19(10-26)24(29)27(25(23)30)11-17-5-7-21-22(9-17)33-13-32-21/h4-9,30H,11-13H2,1-3H3. The Balaban J connectivity index is 1.67. The minimum atomic E-state index is -0.684. The first kappa shape index (κ1) is 22.0. The average Bonchev–Trinajstić information content (AvgIpc) is 3.26. The molecule has 0 unspecified atom stereocenters. The van der Waals surface area contributed by atoms with Crippen molar-refractivity contribution < 1.29 is 24.1 Å². The monoisotopic (exact) mass is 446 g/mol. The molecule has 2 aromatic carbocycles. The smallest absolute Gasteiger partial charge is 0.271 e. The first-order valence-electron chi connectivity index (χ1n) is 10.3. The number of carbonyl (C=O) groups excluding carboxylic acids is 1. The van der Waals surface area contributed by atoms with Crippen LogP contribution in [0.4, 0.5) is 0 Å². The molecule has 8 heteroatoms. The number of aromatic hydroxyl groups is 1. The lowest BCUT2D eigenvalue weighted by Crippen LogP contribution is -2.28. The third kappa shape index (κ3) is 4.13. The molecule has 3 aromatic rings. The molecule has 0 spiro atoms. The van der Waals surface area contributed by atoms with E-state index in [1.54, 1.807) is 24.3 Å². The molecular formula is C25H22N2O6. The van der Waals surface area contributed by atoms with E-state index < -0.39 is 17.2 Å². The van der Waals surface area contributed by atoms with Crippen LogP contribution in [-0.2, 0) is 6.54 Å². The highest BCUT2D eigenvalue weighted by atomic mass is 16.7. The van der Waals surface area contributed by atoms with Gasteiger partial charge in [-0.05, 0) is 67.3 Å². The van der Waals surface area contributed by atoms with Crippen molar-refractivity contribution in [1.29, 1.82) is 5.26 Å². The molecule has 1 N–H and O–H groups in total. The summed E-state index contributed by atoms with van der Waals surface area (Å²) in [7, 11) is 0. The van der Waals surface area contributed by atoms with Crippen LogP contribution in [-0.4, -0.2) is 28.9 Å². The van der Waals surface area contributed by atoms with E-state index in [0.717, 1.165) is 15.7 Å². The molecule has 168 valence electrons. The van der Waals surface area contributed by atoms with Crippen molar-refractivity contribution >= 4 is 5.78 Å². The molecule has 1 aromatic heterocycles. The Bertz CT molecular complexity index is 1370. The van der Waals surface area contributed by atoms with Crippen LogP contribution in [0.1, 0.15) is 38.2 Å². The molecule has 0 fully saturated rings. The van der Waals surface area contributed by atoms with E-state index in [1.807, 2.05) is 32.0 Å². The maximum Gasteiger partial charge on any atom is 0.271 e. The molecule has 0 saturated heterocycles. The Morgan fingerprint density at radius 3 is 2.61 bits per heavy atom. The van der Waals surface area contributed by atoms with Gasteiger partial charge in [-0.25, -0.2) is 0 Å². The summed E-state index contributed by atoms with van der Waals surface area (Å²) in [5, 5.41) is 20.4. The molecule has 0 aliphatic carbocycles. The number of ketones is 1. The molecule has 0 amide bonds. The normalized spacial score (nSPS) is 11.8. The predicted octanol–water partition coefficient (Wildman–Crippen LogP) is 3.39. The third-order valence-corrected chi connectivity index (χ3v) is 5.70. The molecule has 33 heavy (non-hydrogen) atoms. The molecule has 1 aliphatic heterocycles. The van der Waals surface area contributed by atoms with Gasteiger partial charge in [-0.3, -0.25) is 14.2 Å². The van der Waals surface area contributed by atoms with E-state index >= 15 is 0 Å². The summed E-state index contributed by atoms with van der Waals surface area (Å²) >= 11 is 0. The Labute approximate surface area is 190 Å². The minimum absolute atomic E-state index is 0.0610. The zero-order chi connectivity index (χ0) is 23.7. The maximum atomic E-state index is 13.0. The summed E-state index contributed by atoms with van der Waals surface area (Å²) in [6.45, 7) is 5.06. The van der Waals surface area contributed by atoms with Gasteiger partial charge >= 0.3 is 0 Å². The van der Waals surface area contributed by atoms with E-state index in [0.29, 0.717) is 22.8 Å². The largest absolute Gasteiger partial charge is 0.494 e. The van der Waals surface area contributed by atoms with Gasteiger partial charge < -0.3 is 19.3 Å². The Hall–Kier alpha value is -4.25. The number of hydrogen-bond acceptors (Lipinski definition) is 7. The van der Waals surface area contributed by atoms with Gasteiger partial charge in [-0.1, -0.05) is 12.1 Å². The second kappa shape index (κ2) is 8.71. The second-order valence-electron chi connectivity index (χ2n) is 7.85. The highest BCUT2D eigenvalue weighted by Crippen LogP contribution is 2.33. The number of carbonyl (C=O) groups is 1. The van der Waals surface area contributed by atoms with Crippen molar-refractivity contribution in [2.45, 2.75) is 27.3 Å². The topological polar surface area (TPSA) is 111 Å². The van der Waals surface area contributed by atoms with E-state index in [1.165, 1.54) is 6.92 Å². The summed E-state index contributed by atoms with van der Waals surface area (Å²) in [6.07, 6.45) is 0. The number of Topliss-reactive ketones (excluding diaryl/α,β-unsaturated/α-hetero) is 1. The quantitative estimate of drug-likeness (QED) is 0.578. The second-order valence-corrected chi connectivity index (χ2v) is 7.85. The fourth-order valence-electron chi connectivity index (χ4n) is 3.68. The zero-order valence-electron chi connectivity index (χ0n) is 18.5. The van der Waals surface area contributed by atoms with Crippen molar-refractivity contribution in [1.82, 2.24) is 4.57 Å². The molecule has 4 rings (SSSR count). The van der Waals surface area contributed by atoms with Gasteiger partial charge in [-0.15, -0.1) is 0 Å². The van der Waals surface area contributed by atoms with Gasteiger partial charge in [0.1, 0.15) is 17.4 Å². The Morgan fingerprint density at radius 2 is 1.88 bits per heavy atom. The third-order valence-electron chi connectivity index (χ3n) is 5.70. The molecule has 8 nitrogen and oxygen atoms in total. The number of aromatic nitrogens is 1. The molecule has 0 radical (unpaired) electrons. The number of rotatable bonds is 6. The fraction of sp³-hybridized carbons (Fsp3) is 0.240. The maximum absolute atomic E-state index is 13.0. The number of nitrogens with zero attached hydrogens (tertiary/aromatic N) is 2. The van der Waals surface area contributed by atoms with E-state index in [-0.39, 0.29) is 36.6 Å². The fourth-order valence-corrected chi connectivity index (χ4v) is 3.68. The number of hydrogen-bond donors (Lipinski definition) is 1. The lowest BCUT2D eigenvalue weighted by molar-refractivity contribution is 0.0916. The number of nitriles is 1. The highest BCUT2D eigenvalue weighted by Gasteiger charge is 2.25. The van der Waals surface area contributed by atoms with Crippen molar-refractivity contribution in [3.05, 3.63) is 80.1 Å². The molecule has 2 heterocycles. The van der Waals surface area contributed by atoms with E-state index in [9.17, 15) is 20.0 Å². The molecule has 1 aliphatic rings. The summed E-state index contributed by atoms with van der Waals surface area (Å²) in [6, 6.07) is 12.4. The van der Waals surface area contributed by atoms with Gasteiger partial charge in [-0.2, -0.15) is 5.26 Å². The van der Waals surface area contributed by atoms with Crippen LogP contribution in [0.25, 0.3) is 0 Å². The molecule has 0 saturated carbocycles. The first-order valence-corrected chi connectivity index (χ1v) is 10.3. The number of aryl methyl sites for hydroxylation is 2. The van der Waals surface area contributed by atoms with Gasteiger partial charge in [0.15, 0.2) is 18.1 Å². The number of pyridine rings is 1. The van der Waals surface area contributed by atoms with Gasteiger partial charge in [0.2, 0.25) is 18.5 Å². The van der Waals surface area contributed by atoms with Crippen molar-refractivity contribution in [3.63, 3.8) is 0 Å². The van der Waals surface area contributed by atoms with E-state index in [4.69, 9.17) is 14.2 Å². The summed E-state index contributed by atoms with van der Waals surface area (Å²) in [5.41, 5.74) is 1.86. The van der Waals surface area contributed by atoms with Crippen molar-refractivity contribution in [2.75, 3.05) is 13.4 Å². The SMILES string of the molecule is Cc1ccc(OCC(=O)c2c(C)c(C#N)c(=O)n(Cc3ccc4c(c3)OCO4)c2O)cc1C. The zero-order valence-corrected chi connectivity index (χ0v) is 18.5. The van der Waals surface area contributed by atoms with Crippen LogP contribution in [0.2, 0.25) is 0 Å². The molecule has 0 bridgehead atoms. The lowest BCUT2D eigenvalue weighted by Gasteiger charge is -2.16. The van der Waals surface area contributed by atoms with Gasteiger partial charge in [0.25, 0.3) is 5.56 Å². The van der Waals surface area contributed by atoms with Crippen LogP contribution in [0, 0.1) is 32.1 Å². The summed E-state index contributed by atoms with van der Waals surface area (Å²) in [4.78, 5) is 25.9. The Kier molecular flexibility index (Phi) is 5.80. The molecule has 0 atom stereocenters. The number of benzene rings is 2. The average molecular weight is 446 g/mol. The summed E-state index contributed by atoms with van der Waals surface area (Å²) in [5.74, 6) is 0.557. The van der Waals surface area contributed by atoms with Gasteiger partial charge in [0.05, 0.1) is 12.1 Å². The number of fused-ring (bicyclic) bond motifs is 1. The lowest BCUT2D eigenvalue weighted by atomic mass is 10.0. The highest BCUT2D eigenvalue weighted by molar-refractivity contribution is 6.01. The van der Waals surface area contributed by atoms with Crippen LogP contribution >= 0.6 is 0 Å². The predicted molar refractivity (Wildman–Crippen MR) is 119 cm³/mol. The summed E-state index contributed by atoms with van der Waals surface area (Å²) < 4.78 is 17.3. The van der Waals surface area contributed by atoms with Crippen LogP contribution < -0.4 is 19.8 Å². The Morgan fingerprint density at radius 1 is 1.12 bits per heavy atom. The van der Waals surface area contributed by atoms with Crippen molar-refractivity contribution in [2.24, 2.45) is 0 Å². The van der Waals surface area contributed by atoms with E-state index in [2.05, 4.69) is 0 Å². The van der Waals surface area contributed by atoms with Crippen LogP contribution in [0.5, 0.6) is 23.1 Å². The first-order chi connectivity index (χ1) is 15.8. The number of ether oxygens (including phenoxy) is 3. The minimum Gasteiger partial charge on any atom is -0.494 e. The van der Waals surface area contributed by atoms with Crippen molar-refractivity contribution in [3.8, 4) is 29.2 Å². The van der Waals surface area contributed by atoms with Crippen LogP contribution in [0.15, 0.2) is 41.2 Å².